The van der Waals surface area contributed by atoms with Crippen LogP contribution in [0.2, 0.25) is 5.02 Å². The Morgan fingerprint density at radius 2 is 1.64 bits per heavy atom. The van der Waals surface area contributed by atoms with Gasteiger partial charge in [-0.3, -0.25) is 9.59 Å². The van der Waals surface area contributed by atoms with Gasteiger partial charge in [0.15, 0.2) is 17.3 Å². The largest absolute Gasteiger partial charge is 0.493 e. The number of ether oxygens (including phenoxy) is 4. The number of hydrogen-bond donors (Lipinski definition) is 1. The molecule has 1 N–H and O–H groups in total. The predicted octanol–water partition coefficient (Wildman–Crippen LogP) is 5.82. The third kappa shape index (κ3) is 11.2. The number of hydrogen-bond acceptors (Lipinski definition) is 8. The van der Waals surface area contributed by atoms with Gasteiger partial charge in [-0.05, 0) is 76.1 Å². The van der Waals surface area contributed by atoms with E-state index in [2.05, 4.69) is 10.4 Å². The lowest BCUT2D eigenvalue weighted by atomic mass is 10.0. The van der Waals surface area contributed by atoms with Crippen LogP contribution in [0.4, 0.5) is 4.79 Å². The monoisotopic (exact) mass is 640 g/mol. The molecule has 0 atom stereocenters. The van der Waals surface area contributed by atoms with Gasteiger partial charge in [-0.1, -0.05) is 29.8 Å². The first-order chi connectivity index (χ1) is 21.0. The zero-order valence-electron chi connectivity index (χ0n) is 27.0. The molecule has 0 fully saturated rings. The van der Waals surface area contributed by atoms with E-state index in [9.17, 15) is 14.4 Å². The summed E-state index contributed by atoms with van der Waals surface area (Å²) in [6.45, 7) is 8.20. The number of halogens is 1. The van der Waals surface area contributed by atoms with E-state index in [0.29, 0.717) is 27.8 Å². The third-order valence-electron chi connectivity index (χ3n) is 6.00. The molecule has 0 unspecified atom stereocenters. The van der Waals surface area contributed by atoms with Gasteiger partial charge in [-0.2, -0.15) is 5.10 Å². The Hall–Kier alpha value is -4.51. The first-order valence-corrected chi connectivity index (χ1v) is 14.6. The molecule has 0 radical (unpaired) electrons. The zero-order valence-corrected chi connectivity index (χ0v) is 27.7. The van der Waals surface area contributed by atoms with Crippen molar-refractivity contribution in [2.45, 2.75) is 52.2 Å². The van der Waals surface area contributed by atoms with E-state index in [1.807, 2.05) is 26.2 Å². The van der Waals surface area contributed by atoms with Crippen LogP contribution in [0.5, 0.6) is 11.5 Å². The molecule has 1 amide bonds. The minimum Gasteiger partial charge on any atom is -0.493 e. The summed E-state index contributed by atoms with van der Waals surface area (Å²) in [6, 6.07) is 14.4. The molecule has 0 spiro atoms. The summed E-state index contributed by atoms with van der Waals surface area (Å²) in [6.07, 6.45) is 2.80. The number of Topliss-reactive ketones (excluding diaryl/α,β-unsaturated/α-hetero) is 1. The van der Waals surface area contributed by atoms with Crippen LogP contribution in [0.15, 0.2) is 59.8 Å². The predicted molar refractivity (Wildman–Crippen MR) is 173 cm³/mol. The van der Waals surface area contributed by atoms with Crippen LogP contribution in [0.1, 0.15) is 50.7 Å². The molecule has 45 heavy (non-hydrogen) atoms. The van der Waals surface area contributed by atoms with Crippen molar-refractivity contribution in [1.82, 2.24) is 14.9 Å². The number of amides is 1. The van der Waals surface area contributed by atoms with E-state index in [1.54, 1.807) is 93.1 Å². The van der Waals surface area contributed by atoms with Crippen molar-refractivity contribution in [2.75, 3.05) is 34.4 Å². The van der Waals surface area contributed by atoms with Gasteiger partial charge >= 0.3 is 12.1 Å². The highest BCUT2D eigenvalue weighted by Crippen LogP contribution is 2.30. The van der Waals surface area contributed by atoms with Gasteiger partial charge in [0.05, 0.1) is 7.11 Å². The fourth-order valence-electron chi connectivity index (χ4n) is 4.02. The van der Waals surface area contributed by atoms with Crippen molar-refractivity contribution < 1.29 is 33.3 Å². The number of benzene rings is 2. The molecule has 1 aromatic heterocycles. The van der Waals surface area contributed by atoms with Gasteiger partial charge in [0.2, 0.25) is 0 Å². The lowest BCUT2D eigenvalue weighted by Crippen LogP contribution is -2.40. The van der Waals surface area contributed by atoms with Crippen LogP contribution in [-0.2, 0) is 20.7 Å². The summed E-state index contributed by atoms with van der Waals surface area (Å²) >= 11 is 6.05. The molecule has 0 saturated carbocycles. The average Bonchev–Trinajstić information content (AvgIpc) is 3.38. The van der Waals surface area contributed by atoms with Crippen LogP contribution < -0.4 is 14.8 Å². The second-order valence-corrected chi connectivity index (χ2v) is 12.6. The molecule has 12 heteroatoms. The van der Waals surface area contributed by atoms with E-state index in [0.717, 1.165) is 11.1 Å². The molecule has 0 aliphatic heterocycles. The molecule has 242 valence electrons. The number of esters is 1. The van der Waals surface area contributed by atoms with Gasteiger partial charge in [-0.15, -0.1) is 0 Å². The number of carbonyl (C=O) groups excluding carboxylic acids is 3. The molecule has 0 aliphatic carbocycles. The highest BCUT2D eigenvalue weighted by Gasteiger charge is 2.26. The SMILES string of the molecule is COc1cc(CC(=O)c2cc(-c3ccc(Cl)cc3)cn2/N=C\N(C)C)ccc1OCC(C)(C)OC(=O)CNC(=O)OC(C)(C)C. The Labute approximate surface area is 269 Å². The fraction of sp³-hybridized carbons (Fsp3) is 0.394. The summed E-state index contributed by atoms with van der Waals surface area (Å²) in [4.78, 5) is 39.4. The highest BCUT2D eigenvalue weighted by atomic mass is 35.5. The van der Waals surface area contributed by atoms with Gasteiger partial charge in [0, 0.05) is 37.3 Å². The summed E-state index contributed by atoms with van der Waals surface area (Å²) in [5, 5.41) is 7.44. The van der Waals surface area contributed by atoms with E-state index < -0.39 is 23.3 Å². The first kappa shape index (κ1) is 35.0. The van der Waals surface area contributed by atoms with Crippen molar-refractivity contribution in [3.63, 3.8) is 0 Å². The number of carbonyl (C=O) groups is 3. The first-order valence-electron chi connectivity index (χ1n) is 14.3. The van der Waals surface area contributed by atoms with Crippen molar-refractivity contribution in [1.29, 1.82) is 0 Å². The molecule has 1 heterocycles. The summed E-state index contributed by atoms with van der Waals surface area (Å²) < 4.78 is 23.6. The Morgan fingerprint density at radius 3 is 2.27 bits per heavy atom. The minimum absolute atomic E-state index is 0.00465. The maximum Gasteiger partial charge on any atom is 0.408 e. The standard InChI is InChI=1S/C33H41ClN4O7/c1-32(2,3)45-31(41)35-18-30(40)44-33(4,5)20-43-28-14-9-22(16-29(28)42-8)15-27(39)26-17-24(19-38(26)36-21-37(6)7)23-10-12-25(34)13-11-23/h9-14,16-17,19,21H,15,18,20H2,1-8H3,(H,35,41)/b36-21-. The van der Waals surface area contributed by atoms with Gasteiger partial charge < -0.3 is 29.2 Å². The molecular formula is C33H41ClN4O7. The average molecular weight is 641 g/mol. The number of nitrogens with one attached hydrogen (secondary N) is 1. The normalized spacial score (nSPS) is 11.7. The molecular weight excluding hydrogens is 600 g/mol. The highest BCUT2D eigenvalue weighted by molar-refractivity contribution is 6.30. The maximum atomic E-state index is 13.5. The van der Waals surface area contributed by atoms with E-state index in [1.165, 1.54) is 7.11 Å². The molecule has 3 aromatic rings. The van der Waals surface area contributed by atoms with Crippen molar-refractivity contribution in [3.05, 3.63) is 71.0 Å². The van der Waals surface area contributed by atoms with Crippen LogP contribution in [0, 0.1) is 0 Å². The number of methoxy groups -OCH3 is 1. The Bertz CT molecular complexity index is 1520. The summed E-state index contributed by atoms with van der Waals surface area (Å²) in [7, 11) is 5.19. The second kappa shape index (κ2) is 15.0. The molecule has 3 rings (SSSR count). The summed E-state index contributed by atoms with van der Waals surface area (Å²) in [5.41, 5.74) is 1.16. The van der Waals surface area contributed by atoms with Crippen molar-refractivity contribution >= 4 is 35.8 Å². The lowest BCUT2D eigenvalue weighted by molar-refractivity contribution is -0.157. The number of rotatable bonds is 13. The summed E-state index contributed by atoms with van der Waals surface area (Å²) in [5.74, 6) is 0.0367. The molecule has 0 saturated heterocycles. The molecule has 0 bridgehead atoms. The number of alkyl carbamates (subject to hydrolysis) is 1. The smallest absolute Gasteiger partial charge is 0.408 e. The Balaban J connectivity index is 1.67. The van der Waals surface area contributed by atoms with E-state index >= 15 is 0 Å². The fourth-order valence-corrected chi connectivity index (χ4v) is 4.14. The molecule has 0 aliphatic rings. The zero-order chi connectivity index (χ0) is 33.4. The van der Waals surface area contributed by atoms with Gasteiger partial charge in [-0.25, -0.2) is 9.47 Å². The van der Waals surface area contributed by atoms with Crippen LogP contribution in [0.3, 0.4) is 0 Å². The van der Waals surface area contributed by atoms with E-state index in [4.69, 9.17) is 30.5 Å². The van der Waals surface area contributed by atoms with E-state index in [-0.39, 0.29) is 25.4 Å². The third-order valence-corrected chi connectivity index (χ3v) is 6.26. The lowest BCUT2D eigenvalue weighted by Gasteiger charge is -2.26. The Morgan fingerprint density at radius 1 is 0.956 bits per heavy atom. The minimum atomic E-state index is -1.02. The number of nitrogens with zero attached hydrogens (tertiary/aromatic N) is 3. The quantitative estimate of drug-likeness (QED) is 0.107. The maximum absolute atomic E-state index is 13.5. The number of ketones is 1. The van der Waals surface area contributed by atoms with Crippen LogP contribution in [0.25, 0.3) is 11.1 Å². The van der Waals surface area contributed by atoms with Gasteiger partial charge in [0.1, 0.15) is 36.4 Å². The van der Waals surface area contributed by atoms with Crippen LogP contribution >= 0.6 is 11.6 Å². The topological polar surface area (TPSA) is 121 Å². The second-order valence-electron chi connectivity index (χ2n) is 12.1. The molecule has 2 aromatic carbocycles. The number of aromatic nitrogens is 1. The Kier molecular flexibility index (Phi) is 11.6. The van der Waals surface area contributed by atoms with Crippen molar-refractivity contribution in [2.24, 2.45) is 5.10 Å². The van der Waals surface area contributed by atoms with Gasteiger partial charge in [0.25, 0.3) is 0 Å². The van der Waals surface area contributed by atoms with Crippen molar-refractivity contribution in [3.8, 4) is 22.6 Å². The van der Waals surface area contributed by atoms with Crippen LogP contribution in [-0.4, -0.2) is 79.3 Å². The molecule has 11 nitrogen and oxygen atoms in total.